The zero-order valence-electron chi connectivity index (χ0n) is 14.0. The predicted molar refractivity (Wildman–Crippen MR) is 92.8 cm³/mol. The summed E-state index contributed by atoms with van der Waals surface area (Å²) in [7, 11) is 3.01. The van der Waals surface area contributed by atoms with Gasteiger partial charge < -0.3 is 19.8 Å². The van der Waals surface area contributed by atoms with Gasteiger partial charge in [0.05, 0.1) is 20.4 Å². The van der Waals surface area contributed by atoms with Gasteiger partial charge in [0, 0.05) is 23.1 Å². The van der Waals surface area contributed by atoms with Crippen molar-refractivity contribution in [2.24, 2.45) is 11.1 Å². The van der Waals surface area contributed by atoms with Gasteiger partial charge in [-0.25, -0.2) is 0 Å². The lowest BCUT2D eigenvalue weighted by Gasteiger charge is -2.18. The Morgan fingerprint density at radius 1 is 1.29 bits per heavy atom. The van der Waals surface area contributed by atoms with Crippen molar-refractivity contribution in [3.63, 3.8) is 0 Å². The van der Waals surface area contributed by atoms with Crippen molar-refractivity contribution in [2.75, 3.05) is 14.2 Å². The van der Waals surface area contributed by atoms with Crippen LogP contribution in [0.1, 0.15) is 44.1 Å². The molecule has 0 heterocycles. The van der Waals surface area contributed by atoms with Crippen LogP contribution in [0.2, 0.25) is 5.02 Å². The summed E-state index contributed by atoms with van der Waals surface area (Å²) in [6, 6.07) is 3.23. The van der Waals surface area contributed by atoms with E-state index in [4.69, 9.17) is 31.4 Å². The molecule has 0 atom stereocenters. The van der Waals surface area contributed by atoms with E-state index in [-0.39, 0.29) is 0 Å². The molecule has 0 radical (unpaired) electrons. The molecule has 1 aliphatic carbocycles. The Bertz CT molecular complexity index is 556. The van der Waals surface area contributed by atoms with Crippen LogP contribution in [-0.4, -0.2) is 36.7 Å². The smallest absolute Gasteiger partial charge is 0.303 e. The van der Waals surface area contributed by atoms with E-state index in [0.717, 1.165) is 12.8 Å². The molecule has 0 aromatic heterocycles. The number of ether oxygens (including phenoxy) is 2. The number of carbonyl (C=O) groups is 1. The number of oxime groups is 1. The maximum Gasteiger partial charge on any atom is 0.303 e. The number of hydrogen-bond acceptors (Lipinski definition) is 5. The Morgan fingerprint density at radius 3 is 2.46 bits per heavy atom. The average Bonchev–Trinajstić information content (AvgIpc) is 2.55. The van der Waals surface area contributed by atoms with Crippen molar-refractivity contribution >= 4 is 23.8 Å². The van der Waals surface area contributed by atoms with Gasteiger partial charge in [-0.1, -0.05) is 36.0 Å². The first-order valence-corrected chi connectivity index (χ1v) is 8.20. The Labute approximate surface area is 147 Å². The molecule has 0 bridgehead atoms. The Morgan fingerprint density at radius 2 is 1.96 bits per heavy atom. The summed E-state index contributed by atoms with van der Waals surface area (Å²) in [6.07, 6.45) is 7.65. The molecule has 6 nitrogen and oxygen atoms in total. The van der Waals surface area contributed by atoms with Crippen LogP contribution in [0.5, 0.6) is 11.5 Å². The Hall–Kier alpha value is -1.95. The van der Waals surface area contributed by atoms with E-state index in [0.29, 0.717) is 34.4 Å². The van der Waals surface area contributed by atoms with E-state index in [9.17, 15) is 4.79 Å². The van der Waals surface area contributed by atoms with Crippen molar-refractivity contribution in [3.8, 4) is 11.5 Å². The van der Waals surface area contributed by atoms with Crippen LogP contribution in [-0.2, 0) is 4.79 Å². The first-order valence-electron chi connectivity index (χ1n) is 7.82. The third-order valence-electron chi connectivity index (χ3n) is 3.86. The van der Waals surface area contributed by atoms with Gasteiger partial charge in [-0.15, -0.1) is 0 Å². The van der Waals surface area contributed by atoms with Crippen LogP contribution >= 0.6 is 11.6 Å². The van der Waals surface area contributed by atoms with E-state index in [1.807, 2.05) is 0 Å². The van der Waals surface area contributed by atoms with Gasteiger partial charge in [0.15, 0.2) is 11.5 Å². The fourth-order valence-corrected chi connectivity index (χ4v) is 2.97. The number of carboxylic acid groups (broad SMARTS) is 1. The van der Waals surface area contributed by atoms with Gasteiger partial charge in [0.1, 0.15) is 0 Å². The second-order valence-corrected chi connectivity index (χ2v) is 6.01. The Balaban J connectivity index is 0.000000254. The molecule has 0 amide bonds. The molecule has 0 aliphatic heterocycles. The number of methoxy groups -OCH3 is 2. The summed E-state index contributed by atoms with van der Waals surface area (Å²) in [5, 5.41) is 20.3. The van der Waals surface area contributed by atoms with E-state index in [1.54, 1.807) is 12.1 Å². The van der Waals surface area contributed by atoms with Crippen LogP contribution in [0.15, 0.2) is 17.3 Å². The maximum absolute atomic E-state index is 10.3. The van der Waals surface area contributed by atoms with Crippen molar-refractivity contribution in [2.45, 2.75) is 38.5 Å². The standard InChI is InChI=1S/C9H10ClNO3.C8H14O2/c1-13-8-4-7(10)3-6(5-11-12)9(8)14-2;9-8(10)6-7-4-2-1-3-5-7/h3-5,12H,1-2H3;7H,1-6H2,(H,9,10). The predicted octanol–water partition coefficient (Wildman–Crippen LogP) is 4.21. The minimum Gasteiger partial charge on any atom is -0.493 e. The number of hydrogen-bond donors (Lipinski definition) is 2. The summed E-state index contributed by atoms with van der Waals surface area (Å²) < 4.78 is 10.1. The number of halogens is 1. The average molecular weight is 358 g/mol. The van der Waals surface area contributed by atoms with Crippen LogP contribution in [0.4, 0.5) is 0 Å². The first kappa shape index (κ1) is 20.1. The zero-order valence-corrected chi connectivity index (χ0v) is 14.8. The summed E-state index contributed by atoms with van der Waals surface area (Å²) >= 11 is 5.81. The van der Waals surface area contributed by atoms with Crippen molar-refractivity contribution in [1.29, 1.82) is 0 Å². The molecule has 0 spiro atoms. The van der Waals surface area contributed by atoms with Gasteiger partial charge in [-0.05, 0) is 24.8 Å². The van der Waals surface area contributed by atoms with E-state index < -0.39 is 5.97 Å². The maximum atomic E-state index is 10.3. The summed E-state index contributed by atoms with van der Waals surface area (Å²) in [6.45, 7) is 0. The molecular formula is C17H24ClNO5. The molecule has 0 saturated heterocycles. The molecule has 0 unspecified atom stereocenters. The highest BCUT2D eigenvalue weighted by Crippen LogP contribution is 2.33. The van der Waals surface area contributed by atoms with Gasteiger partial charge in [0.2, 0.25) is 0 Å². The van der Waals surface area contributed by atoms with E-state index in [1.165, 1.54) is 39.7 Å². The number of aliphatic carboxylic acids is 1. The Kier molecular flexibility index (Phi) is 9.01. The molecule has 2 rings (SSSR count). The highest BCUT2D eigenvalue weighted by molar-refractivity contribution is 6.31. The molecule has 7 heteroatoms. The highest BCUT2D eigenvalue weighted by Gasteiger charge is 2.15. The summed E-state index contributed by atoms with van der Waals surface area (Å²) in [5.74, 6) is 0.822. The summed E-state index contributed by atoms with van der Waals surface area (Å²) in [4.78, 5) is 10.3. The molecule has 134 valence electrons. The first-order chi connectivity index (χ1) is 11.5. The lowest BCUT2D eigenvalue weighted by atomic mass is 9.87. The second-order valence-electron chi connectivity index (χ2n) is 5.58. The third kappa shape index (κ3) is 6.66. The van der Waals surface area contributed by atoms with Crippen LogP contribution < -0.4 is 9.47 Å². The fraction of sp³-hybridized carbons (Fsp3) is 0.529. The molecule has 1 aromatic rings. The summed E-state index contributed by atoms with van der Waals surface area (Å²) in [5.41, 5.74) is 0.555. The fourth-order valence-electron chi connectivity index (χ4n) is 2.76. The molecule has 1 saturated carbocycles. The van der Waals surface area contributed by atoms with E-state index >= 15 is 0 Å². The zero-order chi connectivity index (χ0) is 17.9. The van der Waals surface area contributed by atoms with Gasteiger partial charge in [0.25, 0.3) is 0 Å². The number of carboxylic acids is 1. The van der Waals surface area contributed by atoms with Gasteiger partial charge in [-0.3, -0.25) is 4.79 Å². The van der Waals surface area contributed by atoms with Crippen LogP contribution in [0.25, 0.3) is 0 Å². The van der Waals surface area contributed by atoms with Gasteiger partial charge >= 0.3 is 5.97 Å². The van der Waals surface area contributed by atoms with E-state index in [2.05, 4.69) is 5.16 Å². The van der Waals surface area contributed by atoms with Crippen molar-refractivity contribution < 1.29 is 24.6 Å². The lowest BCUT2D eigenvalue weighted by molar-refractivity contribution is -0.138. The lowest BCUT2D eigenvalue weighted by Crippen LogP contribution is -2.10. The number of benzene rings is 1. The SMILES string of the molecule is COc1cc(Cl)cc(C=NO)c1OC.O=C(O)CC1CCCCC1. The quantitative estimate of drug-likeness (QED) is 0.468. The van der Waals surface area contributed by atoms with Crippen molar-refractivity contribution in [3.05, 3.63) is 22.7 Å². The normalized spacial score (nSPS) is 14.8. The molecular weight excluding hydrogens is 334 g/mol. The highest BCUT2D eigenvalue weighted by atomic mass is 35.5. The monoisotopic (exact) mass is 357 g/mol. The topological polar surface area (TPSA) is 88.4 Å². The molecule has 24 heavy (non-hydrogen) atoms. The molecule has 1 aromatic carbocycles. The minimum atomic E-state index is -0.632. The third-order valence-corrected chi connectivity index (χ3v) is 4.08. The van der Waals surface area contributed by atoms with Gasteiger partial charge in [-0.2, -0.15) is 0 Å². The molecule has 2 N–H and O–H groups in total. The van der Waals surface area contributed by atoms with Crippen LogP contribution in [0.3, 0.4) is 0 Å². The largest absolute Gasteiger partial charge is 0.493 e. The molecule has 1 aliphatic rings. The number of nitrogens with zero attached hydrogens (tertiary/aromatic N) is 1. The minimum absolute atomic E-state index is 0.389. The molecule has 1 fully saturated rings. The van der Waals surface area contributed by atoms with Crippen molar-refractivity contribution in [1.82, 2.24) is 0 Å². The number of rotatable bonds is 5. The van der Waals surface area contributed by atoms with Crippen LogP contribution in [0, 0.1) is 5.92 Å². The second kappa shape index (κ2) is 10.8.